The Labute approximate surface area is 97.2 Å². The molecule has 4 heteroatoms. The lowest BCUT2D eigenvalue weighted by molar-refractivity contribution is 0.343. The Bertz CT molecular complexity index is 431. The fraction of sp³-hybridized carbons (Fsp3) is 0.273. The van der Waals surface area contributed by atoms with Crippen LogP contribution >= 0.6 is 15.9 Å². The standard InChI is InChI=1S/C11H12BrN3/c1-11(2,15-13-7-8-14-15)9-3-5-10(12)6-4-9/h3-8H,1-2H3. The van der Waals surface area contributed by atoms with Gasteiger partial charge in [-0.3, -0.25) is 0 Å². The second-order valence-electron chi connectivity index (χ2n) is 3.88. The molecule has 2 rings (SSSR count). The van der Waals surface area contributed by atoms with Crippen LogP contribution in [0, 0.1) is 0 Å². The van der Waals surface area contributed by atoms with Crippen molar-refractivity contribution >= 4 is 15.9 Å². The maximum Gasteiger partial charge on any atom is 0.102 e. The normalized spacial score (nSPS) is 11.7. The molecular formula is C11H12BrN3. The Morgan fingerprint density at radius 3 is 2.13 bits per heavy atom. The molecule has 1 aromatic carbocycles. The van der Waals surface area contributed by atoms with Crippen LogP contribution in [-0.2, 0) is 5.54 Å². The number of halogens is 1. The number of hydrogen-bond acceptors (Lipinski definition) is 2. The zero-order valence-electron chi connectivity index (χ0n) is 8.68. The van der Waals surface area contributed by atoms with E-state index in [-0.39, 0.29) is 5.54 Å². The van der Waals surface area contributed by atoms with E-state index in [0.717, 1.165) is 4.47 Å². The molecule has 0 amide bonds. The zero-order chi connectivity index (χ0) is 10.9. The SMILES string of the molecule is CC(C)(c1ccc(Br)cc1)n1nccn1. The molecular weight excluding hydrogens is 254 g/mol. The summed E-state index contributed by atoms with van der Waals surface area (Å²) in [4.78, 5) is 1.72. The van der Waals surface area contributed by atoms with Gasteiger partial charge in [-0.15, -0.1) is 0 Å². The van der Waals surface area contributed by atoms with E-state index in [9.17, 15) is 0 Å². The zero-order valence-corrected chi connectivity index (χ0v) is 10.3. The quantitative estimate of drug-likeness (QED) is 0.836. The maximum absolute atomic E-state index is 4.18. The average molecular weight is 266 g/mol. The summed E-state index contributed by atoms with van der Waals surface area (Å²) in [6, 6.07) is 8.21. The molecule has 1 aromatic heterocycles. The van der Waals surface area contributed by atoms with E-state index >= 15 is 0 Å². The van der Waals surface area contributed by atoms with Gasteiger partial charge in [0, 0.05) is 4.47 Å². The molecule has 0 aliphatic rings. The Kier molecular flexibility index (Phi) is 2.61. The Morgan fingerprint density at radius 1 is 1.07 bits per heavy atom. The molecule has 0 radical (unpaired) electrons. The van der Waals surface area contributed by atoms with Crippen LogP contribution in [0.2, 0.25) is 0 Å². The molecule has 1 heterocycles. The predicted molar refractivity (Wildman–Crippen MR) is 62.6 cm³/mol. The molecule has 0 spiro atoms. The Balaban J connectivity index is 2.41. The van der Waals surface area contributed by atoms with Crippen molar-refractivity contribution in [2.75, 3.05) is 0 Å². The van der Waals surface area contributed by atoms with Gasteiger partial charge in [0.2, 0.25) is 0 Å². The maximum atomic E-state index is 4.18. The minimum absolute atomic E-state index is 0.218. The first-order valence-electron chi connectivity index (χ1n) is 4.73. The number of aromatic nitrogens is 3. The molecule has 0 aliphatic carbocycles. The summed E-state index contributed by atoms with van der Waals surface area (Å²) in [7, 11) is 0. The van der Waals surface area contributed by atoms with Gasteiger partial charge in [0.15, 0.2) is 0 Å². The molecule has 0 saturated heterocycles. The third kappa shape index (κ3) is 1.95. The molecule has 0 N–H and O–H groups in total. The van der Waals surface area contributed by atoms with Gasteiger partial charge in [-0.25, -0.2) is 0 Å². The van der Waals surface area contributed by atoms with E-state index in [1.807, 2.05) is 12.1 Å². The second-order valence-corrected chi connectivity index (χ2v) is 4.80. The van der Waals surface area contributed by atoms with Gasteiger partial charge < -0.3 is 0 Å². The Morgan fingerprint density at radius 2 is 1.60 bits per heavy atom. The van der Waals surface area contributed by atoms with Crippen molar-refractivity contribution in [1.29, 1.82) is 0 Å². The van der Waals surface area contributed by atoms with Crippen LogP contribution in [0.15, 0.2) is 41.1 Å². The summed E-state index contributed by atoms with van der Waals surface area (Å²) in [5, 5.41) is 8.36. The van der Waals surface area contributed by atoms with Gasteiger partial charge in [-0.05, 0) is 31.5 Å². The van der Waals surface area contributed by atoms with Gasteiger partial charge in [0.05, 0.1) is 12.4 Å². The summed E-state index contributed by atoms with van der Waals surface area (Å²) in [5.41, 5.74) is 0.964. The third-order valence-electron chi connectivity index (χ3n) is 2.47. The van der Waals surface area contributed by atoms with E-state index in [0.29, 0.717) is 0 Å². The topological polar surface area (TPSA) is 30.7 Å². The molecule has 2 aromatic rings. The summed E-state index contributed by atoms with van der Waals surface area (Å²) >= 11 is 3.42. The van der Waals surface area contributed by atoms with E-state index < -0.39 is 0 Å². The highest BCUT2D eigenvalue weighted by molar-refractivity contribution is 9.10. The van der Waals surface area contributed by atoms with Crippen LogP contribution in [0.4, 0.5) is 0 Å². The molecule has 0 bridgehead atoms. The van der Waals surface area contributed by atoms with Crippen LogP contribution in [-0.4, -0.2) is 15.0 Å². The van der Waals surface area contributed by atoms with Crippen molar-refractivity contribution in [3.63, 3.8) is 0 Å². The number of nitrogens with zero attached hydrogens (tertiary/aromatic N) is 3. The van der Waals surface area contributed by atoms with Crippen molar-refractivity contribution in [2.45, 2.75) is 19.4 Å². The summed E-state index contributed by atoms with van der Waals surface area (Å²) in [6.45, 7) is 4.19. The van der Waals surface area contributed by atoms with Gasteiger partial charge >= 0.3 is 0 Å². The molecule has 0 atom stereocenters. The molecule has 78 valence electrons. The highest BCUT2D eigenvalue weighted by Crippen LogP contribution is 2.24. The lowest BCUT2D eigenvalue weighted by Gasteiger charge is -2.24. The Hall–Kier alpha value is -1.16. The summed E-state index contributed by atoms with van der Waals surface area (Å²) in [5.74, 6) is 0. The fourth-order valence-electron chi connectivity index (χ4n) is 1.48. The first kappa shape index (κ1) is 10.4. The molecule has 0 fully saturated rings. The summed E-state index contributed by atoms with van der Waals surface area (Å²) < 4.78 is 1.08. The average Bonchev–Trinajstić information content (AvgIpc) is 2.71. The second kappa shape index (κ2) is 3.77. The first-order chi connectivity index (χ1) is 7.10. The number of benzene rings is 1. The van der Waals surface area contributed by atoms with Crippen molar-refractivity contribution in [1.82, 2.24) is 15.0 Å². The molecule has 3 nitrogen and oxygen atoms in total. The highest BCUT2D eigenvalue weighted by Gasteiger charge is 2.24. The minimum atomic E-state index is -0.218. The molecule has 0 aliphatic heterocycles. The van der Waals surface area contributed by atoms with Crippen LogP contribution < -0.4 is 0 Å². The van der Waals surface area contributed by atoms with E-state index in [4.69, 9.17) is 0 Å². The lowest BCUT2D eigenvalue weighted by Crippen LogP contribution is -2.29. The third-order valence-corrected chi connectivity index (χ3v) is 3.00. The van der Waals surface area contributed by atoms with Crippen LogP contribution in [0.5, 0.6) is 0 Å². The molecule has 0 unspecified atom stereocenters. The van der Waals surface area contributed by atoms with Crippen molar-refractivity contribution in [2.24, 2.45) is 0 Å². The van der Waals surface area contributed by atoms with Gasteiger partial charge in [0.25, 0.3) is 0 Å². The lowest BCUT2D eigenvalue weighted by atomic mass is 9.95. The minimum Gasteiger partial charge on any atom is -0.175 e. The summed E-state index contributed by atoms with van der Waals surface area (Å²) in [6.07, 6.45) is 3.39. The van der Waals surface area contributed by atoms with Gasteiger partial charge in [-0.1, -0.05) is 28.1 Å². The predicted octanol–water partition coefficient (Wildman–Crippen LogP) is 2.82. The van der Waals surface area contributed by atoms with E-state index in [2.05, 4.69) is 52.1 Å². The van der Waals surface area contributed by atoms with E-state index in [1.165, 1.54) is 5.56 Å². The van der Waals surface area contributed by atoms with Crippen LogP contribution in [0.1, 0.15) is 19.4 Å². The van der Waals surface area contributed by atoms with Crippen LogP contribution in [0.25, 0.3) is 0 Å². The molecule has 0 saturated carbocycles. The fourth-order valence-corrected chi connectivity index (χ4v) is 1.74. The number of rotatable bonds is 2. The van der Waals surface area contributed by atoms with Crippen molar-refractivity contribution in [3.05, 3.63) is 46.7 Å². The van der Waals surface area contributed by atoms with Gasteiger partial charge in [0.1, 0.15) is 5.54 Å². The van der Waals surface area contributed by atoms with Crippen LogP contribution in [0.3, 0.4) is 0 Å². The van der Waals surface area contributed by atoms with Gasteiger partial charge in [-0.2, -0.15) is 15.0 Å². The monoisotopic (exact) mass is 265 g/mol. The smallest absolute Gasteiger partial charge is 0.102 e. The van der Waals surface area contributed by atoms with Crippen molar-refractivity contribution < 1.29 is 0 Å². The molecule has 15 heavy (non-hydrogen) atoms. The largest absolute Gasteiger partial charge is 0.175 e. The first-order valence-corrected chi connectivity index (χ1v) is 5.53. The highest BCUT2D eigenvalue weighted by atomic mass is 79.9. The van der Waals surface area contributed by atoms with Crippen molar-refractivity contribution in [3.8, 4) is 0 Å². The van der Waals surface area contributed by atoms with E-state index in [1.54, 1.807) is 17.2 Å². The number of hydrogen-bond donors (Lipinski definition) is 0.